The molecule has 2 N–H and O–H groups in total. The van der Waals surface area contributed by atoms with Gasteiger partial charge in [0.25, 0.3) is 20.2 Å². The Morgan fingerprint density at radius 1 is 0.806 bits per heavy atom. The number of benzene rings is 1. The lowest BCUT2D eigenvalue weighted by Crippen LogP contribution is -2.09. The zero-order valence-electron chi connectivity index (χ0n) is 21.4. The molecule has 2 aromatic rings. The van der Waals surface area contributed by atoms with Gasteiger partial charge in [-0.05, 0) is 31.0 Å². The number of aromatic nitrogens is 2. The van der Waals surface area contributed by atoms with E-state index in [1.807, 2.05) is 4.57 Å². The van der Waals surface area contributed by atoms with Crippen molar-refractivity contribution >= 4 is 43.0 Å². The van der Waals surface area contributed by atoms with Gasteiger partial charge in [-0.1, -0.05) is 95.7 Å². The fourth-order valence-corrected chi connectivity index (χ4v) is 6.30. The summed E-state index contributed by atoms with van der Waals surface area (Å²) >= 11 is 1.55. The van der Waals surface area contributed by atoms with E-state index in [0.717, 1.165) is 18.6 Å². The largest absolute Gasteiger partial charge is 0.319 e. The van der Waals surface area contributed by atoms with Gasteiger partial charge in [-0.2, -0.15) is 16.8 Å². The van der Waals surface area contributed by atoms with Crippen LogP contribution in [0.1, 0.15) is 96.8 Å². The van der Waals surface area contributed by atoms with Gasteiger partial charge in [0.2, 0.25) is 0 Å². The molecule has 0 amide bonds. The van der Waals surface area contributed by atoms with Crippen molar-refractivity contribution in [1.29, 1.82) is 0 Å². The highest BCUT2D eigenvalue weighted by molar-refractivity contribution is 7.99. The molecule has 0 aliphatic heterocycles. The topological polar surface area (TPSA) is 127 Å². The minimum atomic E-state index is -4.35. The van der Waals surface area contributed by atoms with Crippen molar-refractivity contribution in [3.8, 4) is 0 Å². The lowest BCUT2D eigenvalue weighted by atomic mass is 10.1. The van der Waals surface area contributed by atoms with E-state index >= 15 is 0 Å². The molecule has 2 rings (SSSR count). The summed E-state index contributed by atoms with van der Waals surface area (Å²) in [4.78, 5) is 4.31. The third kappa shape index (κ3) is 11.9. The molecule has 0 atom stereocenters. The number of thioether (sulfide) groups is 1. The number of imidazole rings is 1. The number of aryl methyl sites for hydroxylation is 1. The van der Waals surface area contributed by atoms with Crippen LogP contribution >= 0.6 is 11.8 Å². The second-order valence-electron chi connectivity index (χ2n) is 9.40. The number of hydrogen-bond donors (Lipinski definition) is 2. The van der Waals surface area contributed by atoms with Gasteiger partial charge in [-0.15, -0.1) is 0 Å². The molecule has 1 aromatic carbocycles. The molecular formula is C25H42N2O6S3. The number of fused-ring (bicyclic) bond motifs is 1. The summed E-state index contributed by atoms with van der Waals surface area (Å²) in [6, 6.07) is 4.19. The van der Waals surface area contributed by atoms with Crippen LogP contribution in [0.15, 0.2) is 28.3 Å². The fraction of sp³-hybridized carbons (Fsp3) is 0.720. The van der Waals surface area contributed by atoms with E-state index in [1.54, 1.807) is 17.8 Å². The van der Waals surface area contributed by atoms with Crippen LogP contribution in [0.2, 0.25) is 0 Å². The molecule has 1 aromatic heterocycles. The van der Waals surface area contributed by atoms with Gasteiger partial charge >= 0.3 is 0 Å². The van der Waals surface area contributed by atoms with E-state index in [0.29, 0.717) is 22.7 Å². The molecule has 36 heavy (non-hydrogen) atoms. The minimum Gasteiger partial charge on any atom is -0.319 e. The third-order valence-corrected chi connectivity index (χ3v) is 8.96. The molecule has 8 nitrogen and oxygen atoms in total. The van der Waals surface area contributed by atoms with Crippen LogP contribution in [0.25, 0.3) is 11.0 Å². The molecule has 0 aliphatic rings. The first kappa shape index (κ1) is 31.1. The lowest BCUT2D eigenvalue weighted by Gasteiger charge is -2.09. The van der Waals surface area contributed by atoms with Crippen LogP contribution in [-0.4, -0.2) is 47.0 Å². The lowest BCUT2D eigenvalue weighted by molar-refractivity contribution is 0.476. The van der Waals surface area contributed by atoms with Gasteiger partial charge in [-0.25, -0.2) is 4.98 Å². The molecule has 0 unspecified atom stereocenters. The van der Waals surface area contributed by atoms with E-state index in [1.165, 1.54) is 82.8 Å². The summed E-state index contributed by atoms with van der Waals surface area (Å²) in [6.45, 7) is 2.57. The molecule has 0 fully saturated rings. The second kappa shape index (κ2) is 16.0. The number of hydrogen-bond acceptors (Lipinski definition) is 6. The monoisotopic (exact) mass is 562 g/mol. The highest BCUT2D eigenvalue weighted by atomic mass is 32.2. The quantitative estimate of drug-likeness (QED) is 0.103. The Balaban J connectivity index is 1.78. The van der Waals surface area contributed by atoms with E-state index in [-0.39, 0.29) is 17.1 Å². The first-order valence-electron chi connectivity index (χ1n) is 13.2. The van der Waals surface area contributed by atoms with Gasteiger partial charge in [0.1, 0.15) is 0 Å². The van der Waals surface area contributed by atoms with E-state index < -0.39 is 20.2 Å². The molecule has 11 heteroatoms. The molecule has 0 bridgehead atoms. The van der Waals surface area contributed by atoms with Gasteiger partial charge in [0.15, 0.2) is 5.16 Å². The summed E-state index contributed by atoms with van der Waals surface area (Å²) in [6.07, 6.45) is 16.9. The van der Waals surface area contributed by atoms with Crippen molar-refractivity contribution in [1.82, 2.24) is 9.55 Å². The Bertz CT molecular complexity index is 1130. The maximum atomic E-state index is 11.5. The van der Waals surface area contributed by atoms with Crippen LogP contribution in [0.4, 0.5) is 0 Å². The number of nitrogens with zero attached hydrogens (tertiary/aromatic N) is 2. The van der Waals surface area contributed by atoms with E-state index in [9.17, 15) is 21.4 Å². The highest BCUT2D eigenvalue weighted by Gasteiger charge is 2.16. The smallest absolute Gasteiger partial charge is 0.294 e. The molecule has 0 spiro atoms. The first-order chi connectivity index (χ1) is 17.1. The van der Waals surface area contributed by atoms with Gasteiger partial charge < -0.3 is 4.57 Å². The average molecular weight is 563 g/mol. The fourth-order valence-electron chi connectivity index (χ4n) is 4.26. The molecule has 0 aliphatic carbocycles. The normalized spacial score (nSPS) is 12.5. The standard InChI is InChI=1S/C25H42N2O6S3/c1-2-3-4-5-6-7-8-9-10-11-12-13-14-19-34-25-26-23-21-22(36(31,32)33)16-17-24(23)27(25)18-15-20-35(28,29)30/h16-17,21H,2-15,18-20H2,1H3,(H,28,29,30)(H,31,32,33). The average Bonchev–Trinajstić information content (AvgIpc) is 3.14. The Labute approximate surface area is 221 Å². The Morgan fingerprint density at radius 3 is 1.89 bits per heavy atom. The van der Waals surface area contributed by atoms with Crippen molar-refractivity contribution in [2.24, 2.45) is 0 Å². The third-order valence-electron chi connectivity index (χ3n) is 6.25. The van der Waals surface area contributed by atoms with E-state index in [2.05, 4.69) is 11.9 Å². The summed E-state index contributed by atoms with van der Waals surface area (Å²) < 4.78 is 65.4. The van der Waals surface area contributed by atoms with Gasteiger partial charge in [0.05, 0.1) is 21.7 Å². The van der Waals surface area contributed by atoms with Crippen molar-refractivity contribution in [2.75, 3.05) is 11.5 Å². The molecule has 0 saturated heterocycles. The van der Waals surface area contributed by atoms with Crippen LogP contribution in [0.5, 0.6) is 0 Å². The van der Waals surface area contributed by atoms with Crippen molar-refractivity contribution in [3.63, 3.8) is 0 Å². The van der Waals surface area contributed by atoms with Crippen molar-refractivity contribution in [2.45, 2.75) is 113 Å². The maximum absolute atomic E-state index is 11.5. The Hall–Kier alpha value is -1.14. The Morgan fingerprint density at radius 2 is 1.36 bits per heavy atom. The van der Waals surface area contributed by atoms with Crippen LogP contribution in [-0.2, 0) is 26.8 Å². The predicted molar refractivity (Wildman–Crippen MR) is 147 cm³/mol. The van der Waals surface area contributed by atoms with Crippen LogP contribution < -0.4 is 0 Å². The molecule has 0 saturated carbocycles. The molecule has 206 valence electrons. The number of rotatable bonds is 20. The van der Waals surface area contributed by atoms with Crippen molar-refractivity contribution < 1.29 is 25.9 Å². The van der Waals surface area contributed by atoms with Gasteiger partial charge in [-0.3, -0.25) is 9.11 Å². The van der Waals surface area contributed by atoms with Gasteiger partial charge in [0, 0.05) is 12.3 Å². The molecular weight excluding hydrogens is 520 g/mol. The molecule has 1 heterocycles. The molecule has 0 radical (unpaired) electrons. The van der Waals surface area contributed by atoms with Crippen molar-refractivity contribution in [3.05, 3.63) is 18.2 Å². The second-order valence-corrected chi connectivity index (χ2v) is 13.5. The highest BCUT2D eigenvalue weighted by Crippen LogP contribution is 2.27. The summed E-state index contributed by atoms with van der Waals surface area (Å²) in [5, 5.41) is 0.673. The van der Waals surface area contributed by atoms with E-state index in [4.69, 9.17) is 4.55 Å². The SMILES string of the molecule is CCCCCCCCCCCCCCCSc1nc2cc(S(=O)(=O)O)ccc2n1CCCS(=O)(=O)O. The summed E-state index contributed by atoms with van der Waals surface area (Å²) in [5.41, 5.74) is 1.08. The number of unbranched alkanes of at least 4 members (excludes halogenated alkanes) is 12. The summed E-state index contributed by atoms with van der Waals surface area (Å²) in [7, 11) is -8.41. The first-order valence-corrected chi connectivity index (χ1v) is 17.2. The Kier molecular flexibility index (Phi) is 13.8. The maximum Gasteiger partial charge on any atom is 0.294 e. The zero-order valence-corrected chi connectivity index (χ0v) is 23.8. The van der Waals surface area contributed by atoms with Crippen LogP contribution in [0, 0.1) is 0 Å². The zero-order chi connectivity index (χ0) is 26.4. The minimum absolute atomic E-state index is 0.205. The predicted octanol–water partition coefficient (Wildman–Crippen LogP) is 6.74. The summed E-state index contributed by atoms with van der Waals surface area (Å²) in [5.74, 6) is 0.489. The van der Waals surface area contributed by atoms with Crippen LogP contribution in [0.3, 0.4) is 0 Å².